The number of aliphatic carboxylic acids is 1. The second-order valence-corrected chi connectivity index (χ2v) is 7.61. The van der Waals surface area contributed by atoms with Gasteiger partial charge in [-0.05, 0) is 13.8 Å². The lowest BCUT2D eigenvalue weighted by Gasteiger charge is -2.43. The second-order valence-electron chi connectivity index (χ2n) is 4.71. The summed E-state index contributed by atoms with van der Waals surface area (Å²) >= 11 is 14.5. The van der Waals surface area contributed by atoms with Gasteiger partial charge in [-0.25, -0.2) is 0 Å². The molecular formula is C10H13Cl3O7S. The van der Waals surface area contributed by atoms with Gasteiger partial charge in [-0.15, -0.1) is 0 Å². The molecule has 1 aliphatic rings. The van der Waals surface area contributed by atoms with E-state index in [0.717, 1.165) is 0 Å². The zero-order valence-electron chi connectivity index (χ0n) is 11.0. The third-order valence-electron chi connectivity index (χ3n) is 2.81. The number of carbonyl (C=O) groups is 1. The van der Waals surface area contributed by atoms with Crippen molar-refractivity contribution in [3.05, 3.63) is 11.8 Å². The maximum Gasteiger partial charge on any atom is 0.356 e. The normalized spacial score (nSPS) is 23.4. The van der Waals surface area contributed by atoms with E-state index in [2.05, 4.69) is 4.18 Å². The van der Waals surface area contributed by atoms with Crippen molar-refractivity contribution in [2.75, 3.05) is 13.2 Å². The average molecular weight is 384 g/mol. The molecule has 1 unspecified atom stereocenters. The molecule has 122 valence electrons. The fourth-order valence-corrected chi connectivity index (χ4v) is 2.47. The third kappa shape index (κ3) is 4.69. The van der Waals surface area contributed by atoms with Crippen LogP contribution in [-0.2, 0) is 29.8 Å². The number of ether oxygens (including phenoxy) is 2. The molecule has 1 saturated heterocycles. The van der Waals surface area contributed by atoms with E-state index in [0.29, 0.717) is 6.26 Å². The lowest BCUT2D eigenvalue weighted by atomic mass is 9.81. The minimum Gasteiger partial charge on any atom is -0.480 e. The van der Waals surface area contributed by atoms with Gasteiger partial charge in [-0.3, -0.25) is 9.35 Å². The van der Waals surface area contributed by atoms with Crippen LogP contribution in [0.3, 0.4) is 0 Å². The Balaban J connectivity index is 3.25. The van der Waals surface area contributed by atoms with E-state index in [1.54, 1.807) is 13.8 Å². The van der Waals surface area contributed by atoms with E-state index in [1.807, 2.05) is 0 Å². The van der Waals surface area contributed by atoms with Crippen molar-refractivity contribution in [2.45, 2.75) is 23.4 Å². The fraction of sp³-hybridized carbons (Fsp3) is 0.700. The van der Waals surface area contributed by atoms with Gasteiger partial charge in [0, 0.05) is 5.57 Å². The van der Waals surface area contributed by atoms with Crippen LogP contribution in [0.15, 0.2) is 11.8 Å². The largest absolute Gasteiger partial charge is 0.480 e. The van der Waals surface area contributed by atoms with Gasteiger partial charge in [0.2, 0.25) is 3.79 Å². The van der Waals surface area contributed by atoms with E-state index in [-0.39, 0.29) is 18.8 Å². The van der Waals surface area contributed by atoms with Gasteiger partial charge in [-0.1, -0.05) is 34.8 Å². The van der Waals surface area contributed by atoms with Crippen molar-refractivity contribution >= 4 is 52.1 Å². The first-order valence-corrected chi connectivity index (χ1v) is 7.64. The highest BCUT2D eigenvalue weighted by Gasteiger charge is 2.54. The zero-order valence-corrected chi connectivity index (χ0v) is 14.1. The molecule has 1 heterocycles. The molecule has 0 aromatic heterocycles. The number of carboxylic acids is 1. The Hall–Kier alpha value is -0.0900. The third-order valence-corrected chi connectivity index (χ3v) is 3.68. The van der Waals surface area contributed by atoms with Gasteiger partial charge in [0.25, 0.3) is 0 Å². The highest BCUT2D eigenvalue weighted by Crippen LogP contribution is 2.47. The first kappa shape index (κ1) is 19.0. The van der Waals surface area contributed by atoms with Gasteiger partial charge in [0.05, 0.1) is 13.2 Å². The van der Waals surface area contributed by atoms with E-state index in [1.165, 1.54) is 0 Å². The SMILES string of the molecule is CC1(C)OCC(C(=O)O)(C(=COS(=O)O)C(Cl)(Cl)Cl)CO1. The molecule has 0 spiro atoms. The quantitative estimate of drug-likeness (QED) is 0.436. The fourth-order valence-electron chi connectivity index (χ4n) is 1.61. The zero-order chi connectivity index (χ0) is 16.5. The van der Waals surface area contributed by atoms with E-state index in [4.69, 9.17) is 48.8 Å². The molecule has 2 N–H and O–H groups in total. The van der Waals surface area contributed by atoms with Crippen LogP contribution >= 0.6 is 34.8 Å². The Kier molecular flexibility index (Phi) is 5.93. The van der Waals surface area contributed by atoms with Gasteiger partial charge < -0.3 is 18.8 Å². The van der Waals surface area contributed by atoms with Gasteiger partial charge in [0.1, 0.15) is 11.7 Å². The molecule has 1 rings (SSSR count). The standard InChI is InChI=1S/C10H13Cl3O7S/c1-8(2)18-4-9(5-19-8,7(14)15)6(10(11,12)13)3-20-21(16)17/h3H,4-5H2,1-2H3,(H,14,15)(H,16,17). The molecule has 1 aliphatic heterocycles. The van der Waals surface area contributed by atoms with Crippen LogP contribution in [0, 0.1) is 5.41 Å². The maximum atomic E-state index is 11.6. The summed E-state index contributed by atoms with van der Waals surface area (Å²) < 4.78 is 32.0. The number of halogens is 3. The minimum atomic E-state index is -2.70. The monoisotopic (exact) mass is 382 g/mol. The van der Waals surface area contributed by atoms with Crippen LogP contribution in [0.4, 0.5) is 0 Å². The molecule has 11 heteroatoms. The molecule has 0 amide bonds. The predicted octanol–water partition coefficient (Wildman–Crippen LogP) is 2.25. The van der Waals surface area contributed by atoms with Crippen LogP contribution in [0.5, 0.6) is 0 Å². The molecule has 1 fully saturated rings. The first-order chi connectivity index (χ1) is 9.41. The maximum absolute atomic E-state index is 11.6. The van der Waals surface area contributed by atoms with Crippen molar-refractivity contribution in [3.63, 3.8) is 0 Å². The minimum absolute atomic E-state index is 0.365. The molecule has 7 nitrogen and oxygen atoms in total. The number of hydrogen-bond donors (Lipinski definition) is 2. The highest BCUT2D eigenvalue weighted by atomic mass is 35.6. The first-order valence-electron chi connectivity index (χ1n) is 5.48. The Labute approximate surface area is 138 Å². The molecular weight excluding hydrogens is 371 g/mol. The number of alkyl halides is 3. The molecule has 21 heavy (non-hydrogen) atoms. The second kappa shape index (κ2) is 6.57. The van der Waals surface area contributed by atoms with E-state index >= 15 is 0 Å². The molecule has 0 radical (unpaired) electrons. The van der Waals surface area contributed by atoms with Crippen molar-refractivity contribution in [1.29, 1.82) is 0 Å². The van der Waals surface area contributed by atoms with Gasteiger partial charge in [-0.2, -0.15) is 4.21 Å². The predicted molar refractivity (Wildman–Crippen MR) is 76.3 cm³/mol. The van der Waals surface area contributed by atoms with Crippen LogP contribution < -0.4 is 0 Å². The molecule has 0 aromatic rings. The topological polar surface area (TPSA) is 102 Å². The number of rotatable bonds is 4. The summed E-state index contributed by atoms with van der Waals surface area (Å²) in [5, 5.41) is 9.49. The number of hydrogen-bond acceptors (Lipinski definition) is 5. The summed E-state index contributed by atoms with van der Waals surface area (Å²) in [6.45, 7) is 2.46. The average Bonchev–Trinajstić information content (AvgIpc) is 2.29. The van der Waals surface area contributed by atoms with Crippen molar-refractivity contribution in [2.24, 2.45) is 5.41 Å². The van der Waals surface area contributed by atoms with E-state index in [9.17, 15) is 14.1 Å². The molecule has 0 bridgehead atoms. The Morgan fingerprint density at radius 1 is 1.33 bits per heavy atom. The summed E-state index contributed by atoms with van der Waals surface area (Å²) in [4.78, 5) is 11.6. The van der Waals surface area contributed by atoms with Gasteiger partial charge in [0.15, 0.2) is 5.79 Å². The highest BCUT2D eigenvalue weighted by molar-refractivity contribution is 7.74. The molecule has 0 aromatic carbocycles. The summed E-state index contributed by atoms with van der Waals surface area (Å²) in [5.41, 5.74) is -2.24. The van der Waals surface area contributed by atoms with Crippen LogP contribution in [0.2, 0.25) is 0 Å². The summed E-state index contributed by atoms with van der Waals surface area (Å²) in [5.74, 6) is -2.39. The molecule has 1 atom stereocenters. The lowest BCUT2D eigenvalue weighted by molar-refractivity contribution is -0.277. The molecule has 0 aliphatic carbocycles. The summed E-state index contributed by atoms with van der Waals surface area (Å²) in [6.07, 6.45) is 0.627. The van der Waals surface area contributed by atoms with Gasteiger partial charge >= 0.3 is 17.3 Å². The lowest BCUT2D eigenvalue weighted by Crippen LogP contribution is -2.53. The summed E-state index contributed by atoms with van der Waals surface area (Å²) in [6, 6.07) is 0. The van der Waals surface area contributed by atoms with Crippen molar-refractivity contribution < 1.29 is 32.3 Å². The van der Waals surface area contributed by atoms with Crippen LogP contribution in [0.1, 0.15) is 13.8 Å². The van der Waals surface area contributed by atoms with Crippen LogP contribution in [-0.4, -0.2) is 42.6 Å². The van der Waals surface area contributed by atoms with Crippen LogP contribution in [0.25, 0.3) is 0 Å². The molecule has 0 saturated carbocycles. The van der Waals surface area contributed by atoms with Crippen molar-refractivity contribution in [1.82, 2.24) is 0 Å². The Bertz CT molecular complexity index is 462. The Morgan fingerprint density at radius 3 is 2.14 bits per heavy atom. The summed E-state index contributed by atoms with van der Waals surface area (Å²) in [7, 11) is 0. The van der Waals surface area contributed by atoms with Crippen molar-refractivity contribution in [3.8, 4) is 0 Å². The van der Waals surface area contributed by atoms with E-state index < -0.39 is 32.3 Å². The number of carboxylic acid groups (broad SMARTS) is 1. The Morgan fingerprint density at radius 2 is 1.81 bits per heavy atom. The smallest absolute Gasteiger partial charge is 0.356 e.